The van der Waals surface area contributed by atoms with Crippen LogP contribution >= 0.6 is 0 Å². The molecule has 0 fully saturated rings. The van der Waals surface area contributed by atoms with E-state index in [4.69, 9.17) is 5.11 Å². The summed E-state index contributed by atoms with van der Waals surface area (Å²) in [6.07, 6.45) is 4.92. The predicted octanol–water partition coefficient (Wildman–Crippen LogP) is 1.33. The van der Waals surface area contributed by atoms with Gasteiger partial charge in [-0.05, 0) is 18.6 Å². The number of imidazole rings is 1. The van der Waals surface area contributed by atoms with Crippen molar-refractivity contribution in [3.05, 3.63) is 47.8 Å². The number of carboxylic acids is 1. The molecular weight excluding hydrogens is 206 g/mol. The van der Waals surface area contributed by atoms with Crippen molar-refractivity contribution in [3.63, 3.8) is 0 Å². The smallest absolute Gasteiger partial charge is 0.354 e. The Kier molecular flexibility index (Phi) is 2.68. The molecule has 2 aromatic heterocycles. The molecule has 1 N–H and O–H groups in total. The molecule has 0 saturated carbocycles. The van der Waals surface area contributed by atoms with Crippen LogP contribution in [0.15, 0.2) is 30.9 Å². The monoisotopic (exact) mass is 217 g/mol. The van der Waals surface area contributed by atoms with Gasteiger partial charge in [-0.1, -0.05) is 6.07 Å². The molecule has 0 amide bonds. The number of nitrogens with zero attached hydrogens (tertiary/aromatic N) is 3. The van der Waals surface area contributed by atoms with Crippen LogP contribution in [0.2, 0.25) is 0 Å². The molecule has 16 heavy (non-hydrogen) atoms. The molecule has 0 aliphatic carbocycles. The van der Waals surface area contributed by atoms with E-state index < -0.39 is 5.97 Å². The SMILES string of the molecule is Cc1ncn(Cc2cccnc2)c1C(=O)O. The van der Waals surface area contributed by atoms with Crippen LogP contribution in [0.3, 0.4) is 0 Å². The minimum Gasteiger partial charge on any atom is -0.477 e. The maximum atomic E-state index is 11.0. The Morgan fingerprint density at radius 1 is 1.56 bits per heavy atom. The first-order valence-corrected chi connectivity index (χ1v) is 4.82. The maximum Gasteiger partial charge on any atom is 0.354 e. The minimum absolute atomic E-state index is 0.226. The zero-order chi connectivity index (χ0) is 11.5. The Morgan fingerprint density at radius 2 is 2.38 bits per heavy atom. The maximum absolute atomic E-state index is 11.0. The van der Waals surface area contributed by atoms with Gasteiger partial charge in [-0.15, -0.1) is 0 Å². The number of hydrogen-bond acceptors (Lipinski definition) is 3. The minimum atomic E-state index is -0.959. The van der Waals surface area contributed by atoms with Gasteiger partial charge in [0.1, 0.15) is 5.69 Å². The van der Waals surface area contributed by atoms with Crippen molar-refractivity contribution in [2.75, 3.05) is 0 Å². The molecule has 0 unspecified atom stereocenters. The third-order valence-electron chi connectivity index (χ3n) is 2.30. The van der Waals surface area contributed by atoms with Crippen LogP contribution in [0.4, 0.5) is 0 Å². The number of carboxylic acid groups (broad SMARTS) is 1. The van der Waals surface area contributed by atoms with E-state index >= 15 is 0 Å². The average Bonchev–Trinajstić information content (AvgIpc) is 2.61. The van der Waals surface area contributed by atoms with Crippen molar-refractivity contribution < 1.29 is 9.90 Å². The van der Waals surface area contributed by atoms with Crippen molar-refractivity contribution in [2.45, 2.75) is 13.5 Å². The highest BCUT2D eigenvalue weighted by molar-refractivity contribution is 5.86. The van der Waals surface area contributed by atoms with Crippen LogP contribution in [0, 0.1) is 6.92 Å². The lowest BCUT2D eigenvalue weighted by atomic mass is 10.2. The van der Waals surface area contributed by atoms with E-state index in [0.717, 1.165) is 5.56 Å². The van der Waals surface area contributed by atoms with E-state index in [1.807, 2.05) is 12.1 Å². The summed E-state index contributed by atoms with van der Waals surface area (Å²) in [7, 11) is 0. The highest BCUT2D eigenvalue weighted by atomic mass is 16.4. The van der Waals surface area contributed by atoms with E-state index in [0.29, 0.717) is 12.2 Å². The van der Waals surface area contributed by atoms with E-state index in [2.05, 4.69) is 9.97 Å². The highest BCUT2D eigenvalue weighted by Crippen LogP contribution is 2.09. The Hall–Kier alpha value is -2.17. The number of hydrogen-bond donors (Lipinski definition) is 1. The van der Waals surface area contributed by atoms with Gasteiger partial charge >= 0.3 is 5.97 Å². The Bertz CT molecular complexity index is 505. The molecular formula is C11H11N3O2. The summed E-state index contributed by atoms with van der Waals surface area (Å²) in [5.41, 5.74) is 1.70. The van der Waals surface area contributed by atoms with Crippen molar-refractivity contribution in [1.82, 2.24) is 14.5 Å². The fourth-order valence-electron chi connectivity index (χ4n) is 1.57. The molecule has 5 nitrogen and oxygen atoms in total. The molecule has 0 aliphatic rings. The van der Waals surface area contributed by atoms with Gasteiger partial charge in [0.05, 0.1) is 18.6 Å². The quantitative estimate of drug-likeness (QED) is 0.842. The topological polar surface area (TPSA) is 68.0 Å². The number of rotatable bonds is 3. The molecule has 0 aliphatic heterocycles. The van der Waals surface area contributed by atoms with Gasteiger partial charge in [-0.2, -0.15) is 0 Å². The number of pyridine rings is 1. The summed E-state index contributed by atoms with van der Waals surface area (Å²) in [6, 6.07) is 3.72. The molecule has 0 spiro atoms. The van der Waals surface area contributed by atoms with Gasteiger partial charge in [0, 0.05) is 12.4 Å². The summed E-state index contributed by atoms with van der Waals surface area (Å²) >= 11 is 0. The number of aryl methyl sites for hydroxylation is 1. The second-order valence-corrected chi connectivity index (χ2v) is 3.47. The zero-order valence-electron chi connectivity index (χ0n) is 8.79. The largest absolute Gasteiger partial charge is 0.477 e. The van der Waals surface area contributed by atoms with Gasteiger partial charge in [0.15, 0.2) is 0 Å². The fourth-order valence-corrected chi connectivity index (χ4v) is 1.57. The molecule has 5 heteroatoms. The molecule has 2 heterocycles. The molecule has 0 aromatic carbocycles. The molecule has 82 valence electrons. The number of aromatic nitrogens is 3. The van der Waals surface area contributed by atoms with Crippen LogP contribution in [0.5, 0.6) is 0 Å². The Labute approximate surface area is 92.4 Å². The normalized spacial score (nSPS) is 10.3. The summed E-state index contributed by atoms with van der Waals surface area (Å²) < 4.78 is 1.61. The van der Waals surface area contributed by atoms with Crippen molar-refractivity contribution >= 4 is 5.97 Å². The first-order valence-electron chi connectivity index (χ1n) is 4.82. The molecule has 0 bridgehead atoms. The number of carbonyl (C=O) groups is 1. The predicted molar refractivity (Wildman–Crippen MR) is 57.3 cm³/mol. The number of aromatic carboxylic acids is 1. The Morgan fingerprint density at radius 3 is 3.00 bits per heavy atom. The average molecular weight is 217 g/mol. The Balaban J connectivity index is 2.32. The third-order valence-corrected chi connectivity index (χ3v) is 2.30. The van der Waals surface area contributed by atoms with E-state index in [1.165, 1.54) is 6.33 Å². The van der Waals surface area contributed by atoms with Gasteiger partial charge < -0.3 is 9.67 Å². The van der Waals surface area contributed by atoms with Gasteiger partial charge in [0.2, 0.25) is 0 Å². The lowest BCUT2D eigenvalue weighted by Crippen LogP contribution is -2.10. The van der Waals surface area contributed by atoms with Crippen molar-refractivity contribution in [3.8, 4) is 0 Å². The molecule has 0 radical (unpaired) electrons. The molecule has 2 aromatic rings. The second-order valence-electron chi connectivity index (χ2n) is 3.47. The fraction of sp³-hybridized carbons (Fsp3) is 0.182. The third kappa shape index (κ3) is 1.93. The van der Waals surface area contributed by atoms with Gasteiger partial charge in [-0.25, -0.2) is 9.78 Å². The highest BCUT2D eigenvalue weighted by Gasteiger charge is 2.14. The summed E-state index contributed by atoms with van der Waals surface area (Å²) in [4.78, 5) is 19.0. The summed E-state index contributed by atoms with van der Waals surface area (Å²) in [6.45, 7) is 2.15. The van der Waals surface area contributed by atoms with Crippen LogP contribution in [0.25, 0.3) is 0 Å². The summed E-state index contributed by atoms with van der Waals surface area (Å²) in [5, 5.41) is 9.04. The van der Waals surface area contributed by atoms with Gasteiger partial charge in [0.25, 0.3) is 0 Å². The summed E-state index contributed by atoms with van der Waals surface area (Å²) in [5.74, 6) is -0.959. The van der Waals surface area contributed by atoms with E-state index in [1.54, 1.807) is 23.9 Å². The van der Waals surface area contributed by atoms with Crippen LogP contribution in [0.1, 0.15) is 21.7 Å². The zero-order valence-corrected chi connectivity index (χ0v) is 8.79. The standard InChI is InChI=1S/C11H11N3O2/c1-8-10(11(15)16)14(7-13-8)6-9-3-2-4-12-5-9/h2-5,7H,6H2,1H3,(H,15,16). The van der Waals surface area contributed by atoms with Crippen LogP contribution in [-0.2, 0) is 6.54 Å². The lowest BCUT2D eigenvalue weighted by molar-refractivity contribution is 0.0685. The molecule has 0 saturated heterocycles. The van der Waals surface area contributed by atoms with E-state index in [9.17, 15) is 4.79 Å². The van der Waals surface area contributed by atoms with Crippen molar-refractivity contribution in [1.29, 1.82) is 0 Å². The lowest BCUT2D eigenvalue weighted by Gasteiger charge is -2.05. The van der Waals surface area contributed by atoms with Crippen LogP contribution in [-0.4, -0.2) is 25.6 Å². The molecule has 2 rings (SSSR count). The second kappa shape index (κ2) is 4.14. The van der Waals surface area contributed by atoms with E-state index in [-0.39, 0.29) is 5.69 Å². The van der Waals surface area contributed by atoms with Gasteiger partial charge in [-0.3, -0.25) is 4.98 Å². The van der Waals surface area contributed by atoms with Crippen molar-refractivity contribution in [2.24, 2.45) is 0 Å². The first kappa shape index (κ1) is 10.4. The molecule has 0 atom stereocenters. The first-order chi connectivity index (χ1) is 7.68. The van der Waals surface area contributed by atoms with Crippen LogP contribution < -0.4 is 0 Å².